The SMILES string of the molecule is Cl.c1ccc2c(c1)CCCNC2. The molecule has 1 nitrogen and oxygen atoms in total. The zero-order valence-corrected chi connectivity index (χ0v) is 7.86. The molecule has 1 aliphatic heterocycles. The molecule has 0 saturated carbocycles. The van der Waals surface area contributed by atoms with Gasteiger partial charge in [-0.05, 0) is 30.5 Å². The fraction of sp³-hybridized carbons (Fsp3) is 0.400. The largest absolute Gasteiger partial charge is 0.313 e. The van der Waals surface area contributed by atoms with Gasteiger partial charge in [-0.2, -0.15) is 0 Å². The maximum absolute atomic E-state index is 3.40. The molecule has 0 bridgehead atoms. The van der Waals surface area contributed by atoms with E-state index >= 15 is 0 Å². The smallest absolute Gasteiger partial charge is 0.0208 e. The van der Waals surface area contributed by atoms with Crippen molar-refractivity contribution in [2.45, 2.75) is 19.4 Å². The quantitative estimate of drug-likeness (QED) is 0.650. The fourth-order valence-electron chi connectivity index (χ4n) is 1.60. The lowest BCUT2D eigenvalue weighted by Gasteiger charge is -2.02. The second kappa shape index (κ2) is 4.48. The van der Waals surface area contributed by atoms with Crippen LogP contribution < -0.4 is 5.32 Å². The van der Waals surface area contributed by atoms with Crippen LogP contribution in [0.1, 0.15) is 17.5 Å². The highest BCUT2D eigenvalue weighted by atomic mass is 35.5. The predicted molar refractivity (Wildman–Crippen MR) is 53.7 cm³/mol. The first-order valence-electron chi connectivity index (χ1n) is 4.24. The molecule has 1 aromatic rings. The van der Waals surface area contributed by atoms with Crippen molar-refractivity contribution in [3.05, 3.63) is 35.4 Å². The van der Waals surface area contributed by atoms with E-state index in [4.69, 9.17) is 0 Å². The summed E-state index contributed by atoms with van der Waals surface area (Å²) in [6.45, 7) is 2.21. The molecule has 0 spiro atoms. The Labute approximate surface area is 79.6 Å². The average Bonchev–Trinajstić information content (AvgIpc) is 2.28. The number of nitrogens with one attached hydrogen (secondary N) is 1. The molecule has 0 atom stereocenters. The molecule has 0 fully saturated rings. The van der Waals surface area contributed by atoms with Gasteiger partial charge in [0.25, 0.3) is 0 Å². The third-order valence-electron chi connectivity index (χ3n) is 2.23. The molecule has 1 heterocycles. The van der Waals surface area contributed by atoms with Crippen molar-refractivity contribution < 1.29 is 0 Å². The van der Waals surface area contributed by atoms with E-state index in [1.54, 1.807) is 0 Å². The molecule has 12 heavy (non-hydrogen) atoms. The lowest BCUT2D eigenvalue weighted by Crippen LogP contribution is -2.11. The van der Waals surface area contributed by atoms with E-state index in [9.17, 15) is 0 Å². The number of fused-ring (bicyclic) bond motifs is 1. The summed E-state index contributed by atoms with van der Waals surface area (Å²) in [6.07, 6.45) is 2.51. The number of rotatable bonds is 0. The molecule has 0 amide bonds. The summed E-state index contributed by atoms with van der Waals surface area (Å²) in [5.41, 5.74) is 3.00. The Balaban J connectivity index is 0.000000720. The van der Waals surface area contributed by atoms with Crippen LogP contribution in [0.4, 0.5) is 0 Å². The molecule has 1 aliphatic rings. The normalized spacial score (nSPS) is 15.7. The second-order valence-electron chi connectivity index (χ2n) is 3.05. The molecule has 2 heteroatoms. The molecule has 1 aromatic carbocycles. The van der Waals surface area contributed by atoms with E-state index in [1.165, 1.54) is 24.0 Å². The first-order valence-corrected chi connectivity index (χ1v) is 4.24. The van der Waals surface area contributed by atoms with Gasteiger partial charge in [0.15, 0.2) is 0 Å². The van der Waals surface area contributed by atoms with Gasteiger partial charge in [-0.1, -0.05) is 24.3 Å². The molecule has 2 rings (SSSR count). The van der Waals surface area contributed by atoms with Crippen LogP contribution in [0, 0.1) is 0 Å². The van der Waals surface area contributed by atoms with Crippen molar-refractivity contribution in [1.82, 2.24) is 5.32 Å². The van der Waals surface area contributed by atoms with Gasteiger partial charge in [-0.3, -0.25) is 0 Å². The molecule has 0 unspecified atom stereocenters. The number of benzene rings is 1. The van der Waals surface area contributed by atoms with Crippen LogP contribution in [-0.2, 0) is 13.0 Å². The van der Waals surface area contributed by atoms with Gasteiger partial charge < -0.3 is 5.32 Å². The Morgan fingerprint density at radius 2 is 1.83 bits per heavy atom. The van der Waals surface area contributed by atoms with Crippen molar-refractivity contribution in [3.8, 4) is 0 Å². The van der Waals surface area contributed by atoms with Gasteiger partial charge in [-0.15, -0.1) is 12.4 Å². The van der Waals surface area contributed by atoms with Gasteiger partial charge in [0.05, 0.1) is 0 Å². The third kappa shape index (κ3) is 1.99. The van der Waals surface area contributed by atoms with Crippen molar-refractivity contribution in [2.24, 2.45) is 0 Å². The number of hydrogen-bond acceptors (Lipinski definition) is 1. The van der Waals surface area contributed by atoms with E-state index in [1.807, 2.05) is 0 Å². The highest BCUT2D eigenvalue weighted by Crippen LogP contribution is 2.12. The Morgan fingerprint density at radius 3 is 2.67 bits per heavy atom. The molecule has 0 aliphatic carbocycles. The third-order valence-corrected chi connectivity index (χ3v) is 2.23. The summed E-state index contributed by atoms with van der Waals surface area (Å²) in [5, 5.41) is 3.40. The van der Waals surface area contributed by atoms with Crippen LogP contribution >= 0.6 is 12.4 Å². The van der Waals surface area contributed by atoms with E-state index in [2.05, 4.69) is 29.6 Å². The highest BCUT2D eigenvalue weighted by Gasteiger charge is 2.04. The zero-order valence-electron chi connectivity index (χ0n) is 7.05. The minimum atomic E-state index is 0. The van der Waals surface area contributed by atoms with Gasteiger partial charge in [0.1, 0.15) is 0 Å². The molecule has 0 radical (unpaired) electrons. The highest BCUT2D eigenvalue weighted by molar-refractivity contribution is 5.85. The van der Waals surface area contributed by atoms with Crippen molar-refractivity contribution in [3.63, 3.8) is 0 Å². The summed E-state index contributed by atoms with van der Waals surface area (Å²) in [7, 11) is 0. The van der Waals surface area contributed by atoms with Crippen molar-refractivity contribution >= 4 is 12.4 Å². The monoisotopic (exact) mass is 183 g/mol. The molecular weight excluding hydrogens is 170 g/mol. The van der Waals surface area contributed by atoms with Crippen molar-refractivity contribution in [1.29, 1.82) is 0 Å². The average molecular weight is 184 g/mol. The minimum Gasteiger partial charge on any atom is -0.313 e. The molecule has 0 saturated heterocycles. The lowest BCUT2D eigenvalue weighted by molar-refractivity contribution is 0.681. The molecule has 1 N–H and O–H groups in total. The number of halogens is 1. The van der Waals surface area contributed by atoms with Crippen LogP contribution in [0.2, 0.25) is 0 Å². The van der Waals surface area contributed by atoms with Gasteiger partial charge >= 0.3 is 0 Å². The molecule has 0 aromatic heterocycles. The maximum atomic E-state index is 3.40. The Bertz CT molecular complexity index is 222. The van der Waals surface area contributed by atoms with Crippen LogP contribution in [0.15, 0.2) is 24.3 Å². The second-order valence-corrected chi connectivity index (χ2v) is 3.05. The van der Waals surface area contributed by atoms with E-state index in [0.717, 1.165) is 13.1 Å². The zero-order chi connectivity index (χ0) is 7.52. The lowest BCUT2D eigenvalue weighted by atomic mass is 10.0. The Kier molecular flexibility index (Phi) is 3.57. The topological polar surface area (TPSA) is 12.0 Å². The summed E-state index contributed by atoms with van der Waals surface area (Å²) in [5.74, 6) is 0. The van der Waals surface area contributed by atoms with E-state index < -0.39 is 0 Å². The van der Waals surface area contributed by atoms with E-state index in [-0.39, 0.29) is 12.4 Å². The van der Waals surface area contributed by atoms with Crippen LogP contribution in [0.3, 0.4) is 0 Å². The number of hydrogen-bond donors (Lipinski definition) is 1. The van der Waals surface area contributed by atoms with Crippen LogP contribution in [-0.4, -0.2) is 6.54 Å². The van der Waals surface area contributed by atoms with Crippen molar-refractivity contribution in [2.75, 3.05) is 6.54 Å². The Hall–Kier alpha value is -0.530. The number of aryl methyl sites for hydroxylation is 1. The predicted octanol–water partition coefficient (Wildman–Crippen LogP) is 2.14. The minimum absolute atomic E-state index is 0. The summed E-state index contributed by atoms with van der Waals surface area (Å²) in [4.78, 5) is 0. The standard InChI is InChI=1S/C10H13N.ClH/c1-2-5-10-8-11-7-3-6-9(10)4-1;/h1-2,4-5,11H,3,6-8H2;1H. The summed E-state index contributed by atoms with van der Waals surface area (Å²) >= 11 is 0. The van der Waals surface area contributed by atoms with Gasteiger partial charge in [-0.25, -0.2) is 0 Å². The van der Waals surface area contributed by atoms with Crippen LogP contribution in [0.25, 0.3) is 0 Å². The molecular formula is C10H14ClN. The summed E-state index contributed by atoms with van der Waals surface area (Å²) in [6, 6.07) is 8.70. The molecule has 66 valence electrons. The van der Waals surface area contributed by atoms with Crippen LogP contribution in [0.5, 0.6) is 0 Å². The first-order chi connectivity index (χ1) is 5.47. The van der Waals surface area contributed by atoms with Gasteiger partial charge in [0.2, 0.25) is 0 Å². The van der Waals surface area contributed by atoms with Gasteiger partial charge in [0, 0.05) is 6.54 Å². The van der Waals surface area contributed by atoms with E-state index in [0.29, 0.717) is 0 Å². The maximum Gasteiger partial charge on any atom is 0.0208 e. The first kappa shape index (κ1) is 9.56. The fourth-order valence-corrected chi connectivity index (χ4v) is 1.60. The summed E-state index contributed by atoms with van der Waals surface area (Å²) < 4.78 is 0. The Morgan fingerprint density at radius 1 is 1.08 bits per heavy atom.